The van der Waals surface area contributed by atoms with Gasteiger partial charge in [0.1, 0.15) is 18.2 Å². The number of halogens is 1. The fraction of sp³-hybridized carbons (Fsp3) is 0.238. The Morgan fingerprint density at radius 3 is 2.44 bits per heavy atom. The average molecular weight is 383 g/mol. The van der Waals surface area contributed by atoms with E-state index in [9.17, 15) is 0 Å². The van der Waals surface area contributed by atoms with Gasteiger partial charge in [-0.1, -0.05) is 30.7 Å². The van der Waals surface area contributed by atoms with E-state index >= 15 is 0 Å². The molecule has 1 aromatic heterocycles. The molecule has 0 saturated heterocycles. The van der Waals surface area contributed by atoms with E-state index in [-0.39, 0.29) is 0 Å². The van der Waals surface area contributed by atoms with Crippen molar-refractivity contribution in [3.8, 4) is 5.75 Å². The Bertz CT molecular complexity index is 866. The second-order valence-electron chi connectivity index (χ2n) is 6.21. The maximum atomic E-state index is 5.90. The number of hydrogen-bond acceptors (Lipinski definition) is 5. The van der Waals surface area contributed by atoms with Crippen LogP contribution in [0.2, 0.25) is 5.02 Å². The Balaban J connectivity index is 1.60. The van der Waals surface area contributed by atoms with Gasteiger partial charge >= 0.3 is 0 Å². The summed E-state index contributed by atoms with van der Waals surface area (Å²) >= 11 is 5.90. The second-order valence-corrected chi connectivity index (χ2v) is 6.65. The molecular weight excluding hydrogens is 360 g/mol. The van der Waals surface area contributed by atoms with Crippen molar-refractivity contribution < 1.29 is 4.74 Å². The molecule has 0 unspecified atom stereocenters. The molecule has 0 aliphatic rings. The summed E-state index contributed by atoms with van der Waals surface area (Å²) in [6, 6.07) is 17.3. The normalized spacial score (nSPS) is 10.5. The van der Waals surface area contributed by atoms with Crippen LogP contribution in [0, 0.1) is 6.92 Å². The molecule has 0 aliphatic heterocycles. The van der Waals surface area contributed by atoms with Gasteiger partial charge in [-0.25, -0.2) is 4.98 Å². The summed E-state index contributed by atoms with van der Waals surface area (Å²) in [5.74, 6) is 2.20. The molecular formula is C21H23ClN4O. The van der Waals surface area contributed by atoms with Crippen LogP contribution in [0.5, 0.6) is 5.75 Å². The molecule has 140 valence electrons. The Morgan fingerprint density at radius 2 is 1.74 bits per heavy atom. The lowest BCUT2D eigenvalue weighted by atomic mass is 10.2. The highest BCUT2D eigenvalue weighted by atomic mass is 35.5. The van der Waals surface area contributed by atoms with E-state index < -0.39 is 0 Å². The number of nitrogens with zero attached hydrogens (tertiary/aromatic N) is 2. The standard InChI is InChI=1S/C21H23ClN4O/c1-3-12-23-20-13-15(2)24-21(26-20)25-18-8-10-19(11-9-18)27-14-16-4-6-17(22)7-5-16/h4-11,13H,3,12,14H2,1-2H3,(H2,23,24,25,26). The molecule has 0 spiro atoms. The molecule has 0 amide bonds. The van der Waals surface area contributed by atoms with Crippen molar-refractivity contribution in [2.75, 3.05) is 17.2 Å². The van der Waals surface area contributed by atoms with Crippen LogP contribution in [0.4, 0.5) is 17.5 Å². The summed E-state index contributed by atoms with van der Waals surface area (Å²) in [4.78, 5) is 8.93. The third-order valence-electron chi connectivity index (χ3n) is 3.84. The fourth-order valence-electron chi connectivity index (χ4n) is 2.48. The van der Waals surface area contributed by atoms with Crippen molar-refractivity contribution in [1.29, 1.82) is 0 Å². The van der Waals surface area contributed by atoms with Crippen LogP contribution in [0.25, 0.3) is 0 Å². The van der Waals surface area contributed by atoms with Gasteiger partial charge in [0.25, 0.3) is 0 Å². The van der Waals surface area contributed by atoms with Gasteiger partial charge in [0.05, 0.1) is 0 Å². The van der Waals surface area contributed by atoms with Crippen LogP contribution in [-0.2, 0) is 6.61 Å². The first-order valence-electron chi connectivity index (χ1n) is 8.96. The second kappa shape index (κ2) is 9.24. The van der Waals surface area contributed by atoms with Gasteiger partial charge in [-0.2, -0.15) is 4.98 Å². The van der Waals surface area contributed by atoms with Gasteiger partial charge in [0.2, 0.25) is 5.95 Å². The number of hydrogen-bond donors (Lipinski definition) is 2. The van der Waals surface area contributed by atoms with Gasteiger partial charge in [0, 0.05) is 29.0 Å². The van der Waals surface area contributed by atoms with Crippen molar-refractivity contribution >= 4 is 29.1 Å². The molecule has 27 heavy (non-hydrogen) atoms. The largest absolute Gasteiger partial charge is 0.489 e. The number of benzene rings is 2. The summed E-state index contributed by atoms with van der Waals surface area (Å²) in [6.07, 6.45) is 1.04. The first-order valence-corrected chi connectivity index (χ1v) is 9.34. The van der Waals surface area contributed by atoms with Gasteiger partial charge in [-0.05, 0) is 55.3 Å². The van der Waals surface area contributed by atoms with Crippen LogP contribution in [0.3, 0.4) is 0 Å². The number of rotatable bonds is 8. The topological polar surface area (TPSA) is 59.1 Å². The minimum Gasteiger partial charge on any atom is -0.489 e. The smallest absolute Gasteiger partial charge is 0.229 e. The Kier molecular flexibility index (Phi) is 6.49. The Morgan fingerprint density at radius 1 is 1.00 bits per heavy atom. The van der Waals surface area contributed by atoms with Crippen LogP contribution < -0.4 is 15.4 Å². The highest BCUT2D eigenvalue weighted by Gasteiger charge is 2.03. The van der Waals surface area contributed by atoms with E-state index in [1.165, 1.54) is 0 Å². The van der Waals surface area contributed by atoms with Crippen molar-refractivity contribution in [2.45, 2.75) is 26.9 Å². The minimum absolute atomic E-state index is 0.497. The van der Waals surface area contributed by atoms with Gasteiger partial charge in [0.15, 0.2) is 0 Å². The molecule has 6 heteroatoms. The summed E-state index contributed by atoms with van der Waals surface area (Å²) in [7, 11) is 0. The molecule has 3 aromatic rings. The summed E-state index contributed by atoms with van der Waals surface area (Å²) in [5.41, 5.74) is 2.89. The molecule has 0 fully saturated rings. The van der Waals surface area contributed by atoms with Gasteiger partial charge in [-0.3, -0.25) is 0 Å². The molecule has 0 bridgehead atoms. The quantitative estimate of drug-likeness (QED) is 0.532. The first kappa shape index (κ1) is 19.0. The van der Waals surface area contributed by atoms with E-state index in [0.29, 0.717) is 12.6 Å². The van der Waals surface area contributed by atoms with Gasteiger partial charge < -0.3 is 15.4 Å². The van der Waals surface area contributed by atoms with Crippen molar-refractivity contribution in [2.24, 2.45) is 0 Å². The van der Waals surface area contributed by atoms with Crippen LogP contribution >= 0.6 is 11.6 Å². The molecule has 0 radical (unpaired) electrons. The van der Waals surface area contributed by atoms with Crippen molar-refractivity contribution in [3.63, 3.8) is 0 Å². The lowest BCUT2D eigenvalue weighted by Gasteiger charge is -2.10. The predicted molar refractivity (Wildman–Crippen MR) is 111 cm³/mol. The zero-order valence-corrected chi connectivity index (χ0v) is 16.3. The van der Waals surface area contributed by atoms with Crippen LogP contribution in [0.15, 0.2) is 54.6 Å². The van der Waals surface area contributed by atoms with Crippen LogP contribution in [0.1, 0.15) is 24.6 Å². The summed E-state index contributed by atoms with van der Waals surface area (Å²) in [5, 5.41) is 7.25. The van der Waals surface area contributed by atoms with E-state index in [1.807, 2.05) is 61.5 Å². The molecule has 1 heterocycles. The fourth-order valence-corrected chi connectivity index (χ4v) is 2.60. The molecule has 0 saturated carbocycles. The molecule has 5 nitrogen and oxygen atoms in total. The zero-order chi connectivity index (χ0) is 19.1. The molecule has 2 aromatic carbocycles. The van der Waals surface area contributed by atoms with E-state index in [0.717, 1.165) is 46.5 Å². The number of aryl methyl sites for hydroxylation is 1. The summed E-state index contributed by atoms with van der Waals surface area (Å²) < 4.78 is 5.81. The number of nitrogens with one attached hydrogen (secondary N) is 2. The Hall–Kier alpha value is -2.79. The lowest BCUT2D eigenvalue weighted by molar-refractivity contribution is 0.306. The predicted octanol–water partition coefficient (Wildman–Crippen LogP) is 5.58. The lowest BCUT2D eigenvalue weighted by Crippen LogP contribution is -2.06. The molecule has 0 atom stereocenters. The van der Waals surface area contributed by atoms with Crippen LogP contribution in [-0.4, -0.2) is 16.5 Å². The van der Waals surface area contributed by atoms with E-state index in [2.05, 4.69) is 27.5 Å². The highest BCUT2D eigenvalue weighted by molar-refractivity contribution is 6.30. The van der Waals surface area contributed by atoms with Crippen molar-refractivity contribution in [3.05, 3.63) is 70.9 Å². The SMILES string of the molecule is CCCNc1cc(C)nc(Nc2ccc(OCc3ccc(Cl)cc3)cc2)n1. The number of anilines is 3. The van der Waals surface area contributed by atoms with E-state index in [1.54, 1.807) is 0 Å². The Labute approximate surface area is 164 Å². The third kappa shape index (κ3) is 5.86. The summed E-state index contributed by atoms with van der Waals surface area (Å²) in [6.45, 7) is 5.46. The molecule has 0 aliphatic carbocycles. The average Bonchev–Trinajstić information content (AvgIpc) is 2.67. The third-order valence-corrected chi connectivity index (χ3v) is 4.09. The van der Waals surface area contributed by atoms with Gasteiger partial charge in [-0.15, -0.1) is 0 Å². The maximum Gasteiger partial charge on any atom is 0.229 e. The minimum atomic E-state index is 0.497. The number of aromatic nitrogens is 2. The monoisotopic (exact) mass is 382 g/mol. The zero-order valence-electron chi connectivity index (χ0n) is 15.5. The highest BCUT2D eigenvalue weighted by Crippen LogP contribution is 2.20. The number of ether oxygens (including phenoxy) is 1. The molecule has 3 rings (SSSR count). The maximum absolute atomic E-state index is 5.90. The van der Waals surface area contributed by atoms with E-state index in [4.69, 9.17) is 16.3 Å². The first-order chi connectivity index (χ1) is 13.1. The van der Waals surface area contributed by atoms with Crippen molar-refractivity contribution in [1.82, 2.24) is 9.97 Å². The molecule has 2 N–H and O–H groups in total.